The number of carbonyl (C=O) groups is 1. The van der Waals surface area contributed by atoms with Crippen molar-refractivity contribution in [3.05, 3.63) is 40.1 Å². The van der Waals surface area contributed by atoms with Gasteiger partial charge in [0.15, 0.2) is 0 Å². The average Bonchev–Trinajstić information content (AvgIpc) is 3.30. The zero-order valence-corrected chi connectivity index (χ0v) is 15.9. The van der Waals surface area contributed by atoms with Crippen molar-refractivity contribution in [2.24, 2.45) is 5.92 Å². The van der Waals surface area contributed by atoms with E-state index < -0.39 is 0 Å². The van der Waals surface area contributed by atoms with Crippen LogP contribution < -0.4 is 0 Å². The summed E-state index contributed by atoms with van der Waals surface area (Å²) in [6.07, 6.45) is 5.85. The van der Waals surface area contributed by atoms with Gasteiger partial charge in [-0.1, -0.05) is 0 Å². The second kappa shape index (κ2) is 7.90. The molecule has 2 aromatic rings. The molecule has 0 radical (unpaired) electrons. The SMILES string of the molecule is Cc1ccc(C(=O)N2Cc3cncn3[C@H](COCC3CCOCC3)C2)s1. The van der Waals surface area contributed by atoms with Crippen LogP contribution in [0.1, 0.15) is 39.1 Å². The number of carbonyl (C=O) groups excluding carboxylic acids is 1. The van der Waals surface area contributed by atoms with E-state index in [2.05, 4.69) is 9.55 Å². The van der Waals surface area contributed by atoms with Gasteiger partial charge in [0.05, 0.1) is 36.1 Å². The molecule has 0 unspecified atom stereocenters. The predicted octanol–water partition coefficient (Wildman–Crippen LogP) is 2.89. The second-order valence-corrected chi connectivity index (χ2v) is 8.42. The van der Waals surface area contributed by atoms with Crippen molar-refractivity contribution in [2.75, 3.05) is 33.0 Å². The van der Waals surface area contributed by atoms with Gasteiger partial charge in [0.25, 0.3) is 5.91 Å². The van der Waals surface area contributed by atoms with Gasteiger partial charge in [-0.25, -0.2) is 4.98 Å². The number of amides is 1. The van der Waals surface area contributed by atoms with E-state index in [4.69, 9.17) is 9.47 Å². The number of hydrogen-bond acceptors (Lipinski definition) is 5. The molecule has 2 aliphatic rings. The molecule has 4 rings (SSSR count). The zero-order valence-electron chi connectivity index (χ0n) is 15.1. The molecule has 4 heterocycles. The fraction of sp³-hybridized carbons (Fsp3) is 0.579. The number of fused-ring (bicyclic) bond motifs is 1. The summed E-state index contributed by atoms with van der Waals surface area (Å²) in [5, 5.41) is 0. The number of nitrogens with zero attached hydrogens (tertiary/aromatic N) is 3. The van der Waals surface area contributed by atoms with E-state index in [1.54, 1.807) is 11.3 Å². The lowest BCUT2D eigenvalue weighted by Gasteiger charge is -2.34. The lowest BCUT2D eigenvalue weighted by atomic mass is 10.0. The van der Waals surface area contributed by atoms with E-state index in [1.165, 1.54) is 0 Å². The molecule has 0 aliphatic carbocycles. The summed E-state index contributed by atoms with van der Waals surface area (Å²) < 4.78 is 13.6. The number of aromatic nitrogens is 2. The zero-order chi connectivity index (χ0) is 17.9. The third-order valence-electron chi connectivity index (χ3n) is 5.17. The smallest absolute Gasteiger partial charge is 0.264 e. The molecule has 0 aromatic carbocycles. The molecule has 0 spiro atoms. The van der Waals surface area contributed by atoms with Gasteiger partial charge >= 0.3 is 0 Å². The Hall–Kier alpha value is -1.70. The number of hydrogen-bond donors (Lipinski definition) is 0. The Morgan fingerprint density at radius 1 is 1.35 bits per heavy atom. The number of aryl methyl sites for hydroxylation is 1. The van der Waals surface area contributed by atoms with Crippen LogP contribution in [0, 0.1) is 12.8 Å². The van der Waals surface area contributed by atoms with Crippen molar-refractivity contribution in [2.45, 2.75) is 32.4 Å². The van der Waals surface area contributed by atoms with Gasteiger partial charge < -0.3 is 18.9 Å². The fourth-order valence-corrected chi connectivity index (χ4v) is 4.50. The summed E-state index contributed by atoms with van der Waals surface area (Å²) in [4.78, 5) is 21.0. The first kappa shape index (κ1) is 17.7. The largest absolute Gasteiger partial charge is 0.381 e. The van der Waals surface area contributed by atoms with E-state index in [0.29, 0.717) is 25.6 Å². The van der Waals surface area contributed by atoms with Crippen molar-refractivity contribution in [3.63, 3.8) is 0 Å². The monoisotopic (exact) mass is 375 g/mol. The Balaban J connectivity index is 1.40. The number of ether oxygens (including phenoxy) is 2. The van der Waals surface area contributed by atoms with Crippen LogP contribution in [0.3, 0.4) is 0 Å². The lowest BCUT2D eigenvalue weighted by molar-refractivity contribution is 0.00604. The molecule has 1 fully saturated rings. The lowest BCUT2D eigenvalue weighted by Crippen LogP contribution is -2.42. The number of imidazole rings is 1. The first-order valence-electron chi connectivity index (χ1n) is 9.22. The van der Waals surface area contributed by atoms with Gasteiger partial charge in [-0.2, -0.15) is 0 Å². The number of thiophene rings is 1. The highest BCUT2D eigenvalue weighted by atomic mass is 32.1. The molecule has 6 nitrogen and oxygen atoms in total. The highest BCUT2D eigenvalue weighted by Gasteiger charge is 2.29. The third-order valence-corrected chi connectivity index (χ3v) is 6.16. The molecule has 1 amide bonds. The molecule has 1 saturated heterocycles. The predicted molar refractivity (Wildman–Crippen MR) is 99.4 cm³/mol. The minimum Gasteiger partial charge on any atom is -0.381 e. The van der Waals surface area contributed by atoms with Gasteiger partial charge in [-0.15, -0.1) is 11.3 Å². The van der Waals surface area contributed by atoms with Crippen LogP contribution in [-0.2, 0) is 16.0 Å². The molecule has 0 N–H and O–H groups in total. The summed E-state index contributed by atoms with van der Waals surface area (Å²) in [6.45, 7) is 6.34. The molecule has 7 heteroatoms. The minimum atomic E-state index is 0.102. The third kappa shape index (κ3) is 3.84. The maximum Gasteiger partial charge on any atom is 0.264 e. The molecule has 0 bridgehead atoms. The fourth-order valence-electron chi connectivity index (χ4n) is 3.66. The van der Waals surface area contributed by atoms with Crippen LogP contribution in [0.4, 0.5) is 0 Å². The van der Waals surface area contributed by atoms with E-state index in [1.807, 2.05) is 36.5 Å². The van der Waals surface area contributed by atoms with E-state index in [9.17, 15) is 4.79 Å². The van der Waals surface area contributed by atoms with E-state index >= 15 is 0 Å². The normalized spacial score (nSPS) is 21.0. The van der Waals surface area contributed by atoms with Crippen LogP contribution in [0.2, 0.25) is 0 Å². The van der Waals surface area contributed by atoms with Gasteiger partial charge in [0, 0.05) is 37.4 Å². The van der Waals surface area contributed by atoms with Crippen LogP contribution in [-0.4, -0.2) is 53.3 Å². The maximum atomic E-state index is 12.9. The Labute approximate surface area is 157 Å². The summed E-state index contributed by atoms with van der Waals surface area (Å²) in [5.74, 6) is 0.686. The second-order valence-electron chi connectivity index (χ2n) is 7.14. The highest BCUT2D eigenvalue weighted by molar-refractivity contribution is 7.13. The molecule has 26 heavy (non-hydrogen) atoms. The van der Waals surface area contributed by atoms with Crippen molar-refractivity contribution < 1.29 is 14.3 Å². The van der Waals surface area contributed by atoms with Gasteiger partial charge in [-0.05, 0) is 37.8 Å². The van der Waals surface area contributed by atoms with Gasteiger partial charge in [0.2, 0.25) is 0 Å². The van der Waals surface area contributed by atoms with Crippen molar-refractivity contribution in [1.29, 1.82) is 0 Å². The average molecular weight is 375 g/mol. The van der Waals surface area contributed by atoms with E-state index in [0.717, 1.165) is 48.1 Å². The van der Waals surface area contributed by atoms with Crippen molar-refractivity contribution in [1.82, 2.24) is 14.5 Å². The molecule has 0 saturated carbocycles. The first-order valence-corrected chi connectivity index (χ1v) is 10.0. The molecular weight excluding hydrogens is 350 g/mol. The summed E-state index contributed by atoms with van der Waals surface area (Å²) in [5.41, 5.74) is 1.07. The van der Waals surface area contributed by atoms with Crippen molar-refractivity contribution in [3.8, 4) is 0 Å². The molecule has 140 valence electrons. The van der Waals surface area contributed by atoms with Gasteiger partial charge in [-0.3, -0.25) is 4.79 Å². The molecular formula is C19H25N3O3S. The van der Waals surface area contributed by atoms with E-state index in [-0.39, 0.29) is 11.9 Å². The molecule has 2 aromatic heterocycles. The minimum absolute atomic E-state index is 0.102. The Bertz CT molecular complexity index is 751. The summed E-state index contributed by atoms with van der Waals surface area (Å²) in [6, 6.07) is 4.04. The van der Waals surface area contributed by atoms with Crippen LogP contribution in [0.5, 0.6) is 0 Å². The van der Waals surface area contributed by atoms with Crippen molar-refractivity contribution >= 4 is 17.2 Å². The summed E-state index contributed by atoms with van der Waals surface area (Å²) in [7, 11) is 0. The number of rotatable bonds is 5. The Kier molecular flexibility index (Phi) is 5.38. The first-order chi connectivity index (χ1) is 12.7. The molecule has 1 atom stereocenters. The van der Waals surface area contributed by atoms with Crippen LogP contribution in [0.25, 0.3) is 0 Å². The highest BCUT2D eigenvalue weighted by Crippen LogP contribution is 2.25. The molecule has 2 aliphatic heterocycles. The summed E-state index contributed by atoms with van der Waals surface area (Å²) >= 11 is 1.55. The standard InChI is InChI=1S/C19H25N3O3S/c1-14-2-3-18(26-14)19(23)21-9-16-8-20-13-22(16)17(10-21)12-25-11-15-4-6-24-7-5-15/h2-3,8,13,15,17H,4-7,9-12H2,1H3/t17-/m0/s1. The van der Waals surface area contributed by atoms with Crippen LogP contribution >= 0.6 is 11.3 Å². The quantitative estimate of drug-likeness (QED) is 0.806. The Morgan fingerprint density at radius 2 is 2.19 bits per heavy atom. The Morgan fingerprint density at radius 3 is 2.96 bits per heavy atom. The van der Waals surface area contributed by atoms with Gasteiger partial charge in [0.1, 0.15) is 0 Å². The van der Waals surface area contributed by atoms with Crippen LogP contribution in [0.15, 0.2) is 24.7 Å². The topological polar surface area (TPSA) is 56.6 Å². The maximum absolute atomic E-state index is 12.9.